The molecule has 0 aliphatic carbocycles. The minimum atomic E-state index is -0.236. The van der Waals surface area contributed by atoms with Crippen molar-refractivity contribution >= 4 is 34.6 Å². The van der Waals surface area contributed by atoms with Crippen LogP contribution < -0.4 is 15.6 Å². The fourth-order valence-corrected chi connectivity index (χ4v) is 4.04. The molecule has 2 N–H and O–H groups in total. The summed E-state index contributed by atoms with van der Waals surface area (Å²) in [6.07, 6.45) is 1.86. The molecule has 3 heterocycles. The number of pyridine rings is 1. The Hall–Kier alpha value is -3.10. The van der Waals surface area contributed by atoms with Gasteiger partial charge in [0.1, 0.15) is 11.9 Å². The molecule has 0 radical (unpaired) electrons. The zero-order valence-corrected chi connectivity index (χ0v) is 17.5. The van der Waals surface area contributed by atoms with Gasteiger partial charge in [-0.15, -0.1) is 11.3 Å². The van der Waals surface area contributed by atoms with Gasteiger partial charge in [0.15, 0.2) is 0 Å². The lowest BCUT2D eigenvalue weighted by Gasteiger charge is -2.09. The second-order valence-corrected chi connectivity index (χ2v) is 8.36. The summed E-state index contributed by atoms with van der Waals surface area (Å²) >= 11 is 7.09. The molecule has 1 aliphatic heterocycles. The van der Waals surface area contributed by atoms with Crippen LogP contribution in [0.2, 0.25) is 4.34 Å². The summed E-state index contributed by atoms with van der Waals surface area (Å²) in [5, 5.41) is 6.99. The zero-order chi connectivity index (χ0) is 21.1. The number of hydrogen-bond donors (Lipinski definition) is 2. The number of hydrogen-bond acceptors (Lipinski definition) is 6. The number of nitrogens with zero attached hydrogens (tertiary/aromatic N) is 1. The number of amides is 1. The number of carbonyl (C=O) groups excluding carboxylic acids is 1. The van der Waals surface area contributed by atoms with Crippen molar-refractivity contribution in [3.63, 3.8) is 0 Å². The summed E-state index contributed by atoms with van der Waals surface area (Å²) in [5.41, 5.74) is 2.81. The molecule has 1 atom stereocenters. The minimum Gasteiger partial charge on any atom is -0.495 e. The maximum absolute atomic E-state index is 12.1. The van der Waals surface area contributed by atoms with Gasteiger partial charge in [-0.1, -0.05) is 41.0 Å². The lowest BCUT2D eigenvalue weighted by molar-refractivity contribution is 0.0755. The first kappa shape index (κ1) is 20.2. The van der Waals surface area contributed by atoms with Gasteiger partial charge in [0, 0.05) is 12.6 Å². The molecule has 1 aromatic carbocycles. The number of benzene rings is 1. The Morgan fingerprint density at radius 3 is 2.77 bits per heavy atom. The van der Waals surface area contributed by atoms with Crippen molar-refractivity contribution < 1.29 is 14.4 Å². The smallest absolute Gasteiger partial charge is 0.261 e. The highest BCUT2D eigenvalue weighted by atomic mass is 35.5. The highest BCUT2D eigenvalue weighted by Crippen LogP contribution is 2.23. The first-order chi connectivity index (χ1) is 14.5. The molecule has 7 nitrogen and oxygen atoms in total. The average Bonchev–Trinajstić information content (AvgIpc) is 3.42. The molecule has 30 heavy (non-hydrogen) atoms. The Labute approximate surface area is 181 Å². The molecule has 2 aromatic heterocycles. The maximum atomic E-state index is 12.1. The van der Waals surface area contributed by atoms with E-state index in [0.717, 1.165) is 16.8 Å². The van der Waals surface area contributed by atoms with E-state index in [1.54, 1.807) is 25.3 Å². The molecule has 0 saturated carbocycles. The third-order valence-electron chi connectivity index (χ3n) is 4.66. The molecule has 9 heteroatoms. The van der Waals surface area contributed by atoms with Crippen LogP contribution in [0.15, 0.2) is 58.6 Å². The second kappa shape index (κ2) is 8.73. The van der Waals surface area contributed by atoms with Gasteiger partial charge in [0.25, 0.3) is 11.5 Å². The SMILES string of the molecule is COc1c[nH]c(=O)c(-c2ccc(C3=NOC(CNC(=O)c4ccc(Cl)s4)C3)cc2)c1. The van der Waals surface area contributed by atoms with Crippen molar-refractivity contribution in [3.8, 4) is 16.9 Å². The van der Waals surface area contributed by atoms with Gasteiger partial charge in [0.05, 0.1) is 34.1 Å². The van der Waals surface area contributed by atoms with E-state index in [4.69, 9.17) is 21.2 Å². The molecule has 1 unspecified atom stereocenters. The van der Waals surface area contributed by atoms with E-state index in [1.165, 1.54) is 17.5 Å². The fraction of sp³-hybridized carbons (Fsp3) is 0.190. The average molecular weight is 444 g/mol. The van der Waals surface area contributed by atoms with Crippen LogP contribution in [0.1, 0.15) is 21.7 Å². The number of rotatable bonds is 6. The number of H-pyrrole nitrogens is 1. The Bertz CT molecular complexity index is 1150. The summed E-state index contributed by atoms with van der Waals surface area (Å²) < 4.78 is 5.75. The van der Waals surface area contributed by atoms with Gasteiger partial charge in [-0.3, -0.25) is 9.59 Å². The largest absolute Gasteiger partial charge is 0.495 e. The third kappa shape index (κ3) is 4.39. The van der Waals surface area contributed by atoms with E-state index in [2.05, 4.69) is 15.5 Å². The minimum absolute atomic E-state index is 0.184. The first-order valence-electron chi connectivity index (χ1n) is 9.17. The molecule has 154 valence electrons. The lowest BCUT2D eigenvalue weighted by atomic mass is 10.0. The van der Waals surface area contributed by atoms with Gasteiger partial charge in [-0.25, -0.2) is 0 Å². The molecule has 0 bridgehead atoms. The molecule has 0 saturated heterocycles. The van der Waals surface area contributed by atoms with Crippen LogP contribution in [0, 0.1) is 0 Å². The van der Waals surface area contributed by atoms with E-state index in [-0.39, 0.29) is 17.6 Å². The number of oxime groups is 1. The molecule has 4 rings (SSSR count). The predicted molar refractivity (Wildman–Crippen MR) is 117 cm³/mol. The highest BCUT2D eigenvalue weighted by Gasteiger charge is 2.23. The van der Waals surface area contributed by atoms with Crippen molar-refractivity contribution in [2.45, 2.75) is 12.5 Å². The number of methoxy groups -OCH3 is 1. The zero-order valence-electron chi connectivity index (χ0n) is 16.0. The van der Waals surface area contributed by atoms with E-state index < -0.39 is 0 Å². The number of ether oxygens (including phenoxy) is 1. The summed E-state index contributed by atoms with van der Waals surface area (Å²) in [6, 6.07) is 12.6. The predicted octanol–water partition coefficient (Wildman–Crippen LogP) is 3.69. The van der Waals surface area contributed by atoms with Gasteiger partial charge < -0.3 is 19.9 Å². The molecule has 3 aromatic rings. The van der Waals surface area contributed by atoms with Crippen LogP contribution in [0.5, 0.6) is 5.75 Å². The summed E-state index contributed by atoms with van der Waals surface area (Å²) in [6.45, 7) is 0.346. The van der Waals surface area contributed by atoms with Crippen LogP contribution in [0.3, 0.4) is 0 Å². The number of thiophene rings is 1. The molecule has 1 aliphatic rings. The Balaban J connectivity index is 1.37. The van der Waals surface area contributed by atoms with Gasteiger partial charge >= 0.3 is 0 Å². The van der Waals surface area contributed by atoms with Crippen molar-refractivity contribution in [1.82, 2.24) is 10.3 Å². The quantitative estimate of drug-likeness (QED) is 0.607. The van der Waals surface area contributed by atoms with Crippen LogP contribution in [-0.4, -0.2) is 36.4 Å². The second-order valence-electron chi connectivity index (χ2n) is 6.64. The summed E-state index contributed by atoms with van der Waals surface area (Å²) in [7, 11) is 1.55. The molecular weight excluding hydrogens is 426 g/mol. The monoisotopic (exact) mass is 443 g/mol. The highest BCUT2D eigenvalue weighted by molar-refractivity contribution is 7.18. The number of aromatic amines is 1. The van der Waals surface area contributed by atoms with Crippen molar-refractivity contribution in [2.24, 2.45) is 5.16 Å². The van der Waals surface area contributed by atoms with Gasteiger partial charge in [0.2, 0.25) is 0 Å². The Morgan fingerprint density at radius 1 is 1.30 bits per heavy atom. The normalized spacial score (nSPS) is 15.4. The topological polar surface area (TPSA) is 92.8 Å². The molecule has 0 fully saturated rings. The van der Waals surface area contributed by atoms with E-state index in [9.17, 15) is 9.59 Å². The van der Waals surface area contributed by atoms with Crippen molar-refractivity contribution in [1.29, 1.82) is 0 Å². The third-order valence-corrected chi connectivity index (χ3v) is 5.89. The summed E-state index contributed by atoms with van der Waals surface area (Å²) in [5.74, 6) is 0.397. The van der Waals surface area contributed by atoms with Gasteiger partial charge in [-0.2, -0.15) is 0 Å². The maximum Gasteiger partial charge on any atom is 0.261 e. The Kier molecular flexibility index (Phi) is 5.87. The van der Waals surface area contributed by atoms with E-state index in [1.807, 2.05) is 24.3 Å². The van der Waals surface area contributed by atoms with Crippen LogP contribution >= 0.6 is 22.9 Å². The first-order valence-corrected chi connectivity index (χ1v) is 10.4. The fourth-order valence-electron chi connectivity index (χ4n) is 3.08. The number of carbonyl (C=O) groups is 1. The lowest BCUT2D eigenvalue weighted by Crippen LogP contribution is -2.31. The molecule has 0 spiro atoms. The number of nitrogens with one attached hydrogen (secondary N) is 2. The van der Waals surface area contributed by atoms with Crippen molar-refractivity contribution in [3.05, 3.63) is 73.8 Å². The van der Waals surface area contributed by atoms with Gasteiger partial charge in [-0.05, 0) is 29.3 Å². The van der Waals surface area contributed by atoms with Crippen LogP contribution in [0.25, 0.3) is 11.1 Å². The van der Waals surface area contributed by atoms with Crippen molar-refractivity contribution in [2.75, 3.05) is 13.7 Å². The standard InChI is InChI=1S/C21H18ClN3O4S/c1-28-14-8-16(20(26)23-10-14)12-2-4-13(5-3-12)17-9-15(29-25-17)11-24-21(27)18-6-7-19(22)30-18/h2-8,10,15H,9,11H2,1H3,(H,23,26)(H,24,27). The van der Waals surface area contributed by atoms with E-state index in [0.29, 0.717) is 33.5 Å². The Morgan fingerprint density at radius 2 is 2.07 bits per heavy atom. The molecular formula is C21H18ClN3O4S. The summed E-state index contributed by atoms with van der Waals surface area (Å²) in [4.78, 5) is 32.9. The number of halogens is 1. The number of aromatic nitrogens is 1. The van der Waals surface area contributed by atoms with Crippen LogP contribution in [0.4, 0.5) is 0 Å². The van der Waals surface area contributed by atoms with Crippen LogP contribution in [-0.2, 0) is 4.84 Å². The molecule has 1 amide bonds. The van der Waals surface area contributed by atoms with E-state index >= 15 is 0 Å².